The highest BCUT2D eigenvalue weighted by molar-refractivity contribution is 4.82. The summed E-state index contributed by atoms with van der Waals surface area (Å²) in [6, 6.07) is 0. The van der Waals surface area contributed by atoms with E-state index in [1.165, 1.54) is 38.5 Å². The molecular weight excluding hydrogens is 300 g/mol. The van der Waals surface area contributed by atoms with Crippen molar-refractivity contribution in [3.63, 3.8) is 0 Å². The summed E-state index contributed by atoms with van der Waals surface area (Å²) in [4.78, 5) is 0. The van der Waals surface area contributed by atoms with Crippen molar-refractivity contribution in [2.75, 3.05) is 39.6 Å². The normalized spacial score (nSPS) is 11.4. The van der Waals surface area contributed by atoms with Crippen LogP contribution in [0.4, 0.5) is 0 Å². The lowest BCUT2D eigenvalue weighted by atomic mass is 9.84. The minimum atomic E-state index is -0.111. The molecule has 0 aromatic rings. The molecule has 0 aliphatic heterocycles. The molecule has 0 amide bonds. The molecule has 0 radical (unpaired) electrons. The highest BCUT2D eigenvalue weighted by atomic mass is 16.5. The Balaban J connectivity index is 4.56. The van der Waals surface area contributed by atoms with E-state index >= 15 is 0 Å². The van der Waals surface area contributed by atoms with E-state index in [9.17, 15) is 0 Å². The zero-order chi connectivity index (χ0) is 17.9. The number of hydrogen-bond acceptors (Lipinski definition) is 3. The van der Waals surface area contributed by atoms with Crippen LogP contribution in [0.15, 0.2) is 38.0 Å². The molecule has 0 aliphatic carbocycles. The van der Waals surface area contributed by atoms with Crippen LogP contribution in [-0.2, 0) is 14.2 Å². The van der Waals surface area contributed by atoms with Gasteiger partial charge in [0.1, 0.15) is 0 Å². The molecule has 0 unspecified atom stereocenters. The summed E-state index contributed by atoms with van der Waals surface area (Å²) in [6.45, 7) is 17.0. The first-order valence-corrected chi connectivity index (χ1v) is 9.30. The molecule has 0 saturated heterocycles. The van der Waals surface area contributed by atoms with Crippen LogP contribution in [0.5, 0.6) is 0 Å². The lowest BCUT2D eigenvalue weighted by Gasteiger charge is -2.33. The average Bonchev–Trinajstić information content (AvgIpc) is 2.58. The molecule has 0 aromatic carbocycles. The van der Waals surface area contributed by atoms with Gasteiger partial charge in [0, 0.05) is 5.41 Å². The molecule has 0 atom stereocenters. The third-order valence-corrected chi connectivity index (χ3v) is 3.99. The van der Waals surface area contributed by atoms with Gasteiger partial charge in [-0.3, -0.25) is 0 Å². The maximum Gasteiger partial charge on any atom is 0.0645 e. The van der Waals surface area contributed by atoms with Gasteiger partial charge in [0.05, 0.1) is 39.6 Å². The van der Waals surface area contributed by atoms with Crippen LogP contribution < -0.4 is 0 Å². The standard InChI is InChI=1S/C21H38O3/c1-5-9-10-11-12-13-14-21(18-22-15-6-2,19-23-16-7-3)20-24-17-8-4/h6-8H,2-5,9-20H2,1H3. The summed E-state index contributed by atoms with van der Waals surface area (Å²) in [6.07, 6.45) is 14.1. The van der Waals surface area contributed by atoms with Crippen molar-refractivity contribution in [3.05, 3.63) is 38.0 Å². The van der Waals surface area contributed by atoms with E-state index in [-0.39, 0.29) is 5.41 Å². The van der Waals surface area contributed by atoms with Gasteiger partial charge in [0.15, 0.2) is 0 Å². The molecule has 140 valence electrons. The van der Waals surface area contributed by atoms with E-state index in [1.54, 1.807) is 18.2 Å². The molecule has 0 fully saturated rings. The molecular formula is C21H38O3. The van der Waals surface area contributed by atoms with Gasteiger partial charge in [0.2, 0.25) is 0 Å². The lowest BCUT2D eigenvalue weighted by Crippen LogP contribution is -2.37. The van der Waals surface area contributed by atoms with Crippen molar-refractivity contribution >= 4 is 0 Å². The first-order chi connectivity index (χ1) is 11.7. The van der Waals surface area contributed by atoms with E-state index in [1.807, 2.05) is 0 Å². The minimum absolute atomic E-state index is 0.111. The quantitative estimate of drug-likeness (QED) is 0.235. The van der Waals surface area contributed by atoms with Gasteiger partial charge in [-0.2, -0.15) is 0 Å². The highest BCUT2D eigenvalue weighted by Gasteiger charge is 2.31. The Labute approximate surface area is 149 Å². The van der Waals surface area contributed by atoms with Crippen LogP contribution in [0.2, 0.25) is 0 Å². The van der Waals surface area contributed by atoms with E-state index in [4.69, 9.17) is 14.2 Å². The fraction of sp³-hybridized carbons (Fsp3) is 0.714. The Morgan fingerprint density at radius 3 is 1.50 bits per heavy atom. The van der Waals surface area contributed by atoms with Gasteiger partial charge in [-0.15, -0.1) is 19.7 Å². The predicted molar refractivity (Wildman–Crippen MR) is 103 cm³/mol. The second kappa shape index (κ2) is 16.9. The number of ether oxygens (including phenoxy) is 3. The van der Waals surface area contributed by atoms with Crippen LogP contribution in [0.1, 0.15) is 51.9 Å². The van der Waals surface area contributed by atoms with Crippen molar-refractivity contribution in [2.45, 2.75) is 51.9 Å². The maximum atomic E-state index is 5.78. The average molecular weight is 339 g/mol. The Morgan fingerprint density at radius 2 is 1.08 bits per heavy atom. The van der Waals surface area contributed by atoms with Crippen molar-refractivity contribution in [1.29, 1.82) is 0 Å². The fourth-order valence-corrected chi connectivity index (χ4v) is 2.70. The van der Waals surface area contributed by atoms with Gasteiger partial charge in [-0.1, -0.05) is 63.7 Å². The summed E-state index contributed by atoms with van der Waals surface area (Å²) in [7, 11) is 0. The summed E-state index contributed by atoms with van der Waals surface area (Å²) < 4.78 is 17.3. The number of hydrogen-bond donors (Lipinski definition) is 0. The van der Waals surface area contributed by atoms with Crippen molar-refractivity contribution in [2.24, 2.45) is 5.41 Å². The number of unbranched alkanes of at least 4 members (excludes halogenated alkanes) is 5. The van der Waals surface area contributed by atoms with Crippen LogP contribution in [0, 0.1) is 5.41 Å². The third-order valence-electron chi connectivity index (χ3n) is 3.99. The van der Waals surface area contributed by atoms with Crippen molar-refractivity contribution in [3.8, 4) is 0 Å². The zero-order valence-electron chi connectivity index (χ0n) is 15.8. The molecule has 0 heterocycles. The largest absolute Gasteiger partial charge is 0.377 e. The first-order valence-electron chi connectivity index (χ1n) is 9.30. The molecule has 0 aromatic heterocycles. The van der Waals surface area contributed by atoms with E-state index < -0.39 is 0 Å². The van der Waals surface area contributed by atoms with Crippen LogP contribution in [0.25, 0.3) is 0 Å². The molecule has 3 nitrogen and oxygen atoms in total. The van der Waals surface area contributed by atoms with Gasteiger partial charge in [0.25, 0.3) is 0 Å². The van der Waals surface area contributed by atoms with Crippen LogP contribution in [0.3, 0.4) is 0 Å². The van der Waals surface area contributed by atoms with Crippen molar-refractivity contribution in [1.82, 2.24) is 0 Å². The topological polar surface area (TPSA) is 27.7 Å². The van der Waals surface area contributed by atoms with Crippen molar-refractivity contribution < 1.29 is 14.2 Å². The molecule has 0 bridgehead atoms. The Kier molecular flexibility index (Phi) is 16.3. The summed E-state index contributed by atoms with van der Waals surface area (Å²) in [5.41, 5.74) is -0.111. The second-order valence-electron chi connectivity index (χ2n) is 6.43. The third kappa shape index (κ3) is 12.5. The Hall–Kier alpha value is -0.900. The smallest absolute Gasteiger partial charge is 0.0645 e. The van der Waals surface area contributed by atoms with Gasteiger partial charge in [-0.05, 0) is 6.42 Å². The zero-order valence-corrected chi connectivity index (χ0v) is 15.8. The lowest BCUT2D eigenvalue weighted by molar-refractivity contribution is -0.0623. The molecule has 0 N–H and O–H groups in total. The first kappa shape index (κ1) is 23.1. The molecule has 0 spiro atoms. The predicted octanol–water partition coefficient (Wildman–Crippen LogP) is 5.33. The molecule has 0 rings (SSSR count). The molecule has 24 heavy (non-hydrogen) atoms. The van der Waals surface area contributed by atoms with E-state index in [0.717, 1.165) is 6.42 Å². The molecule has 0 aliphatic rings. The minimum Gasteiger partial charge on any atom is -0.377 e. The summed E-state index contributed by atoms with van der Waals surface area (Å²) in [5.74, 6) is 0. The maximum absolute atomic E-state index is 5.78. The monoisotopic (exact) mass is 338 g/mol. The van der Waals surface area contributed by atoms with Crippen LogP contribution >= 0.6 is 0 Å². The van der Waals surface area contributed by atoms with E-state index in [0.29, 0.717) is 39.6 Å². The van der Waals surface area contributed by atoms with Gasteiger partial charge in [-0.25, -0.2) is 0 Å². The summed E-state index contributed by atoms with van der Waals surface area (Å²) in [5, 5.41) is 0. The van der Waals surface area contributed by atoms with Crippen LogP contribution in [-0.4, -0.2) is 39.6 Å². The Bertz CT molecular complexity index is 276. The second-order valence-corrected chi connectivity index (χ2v) is 6.43. The fourth-order valence-electron chi connectivity index (χ4n) is 2.70. The van der Waals surface area contributed by atoms with Gasteiger partial charge < -0.3 is 14.2 Å². The highest BCUT2D eigenvalue weighted by Crippen LogP contribution is 2.28. The summed E-state index contributed by atoms with van der Waals surface area (Å²) >= 11 is 0. The molecule has 0 saturated carbocycles. The number of rotatable bonds is 19. The van der Waals surface area contributed by atoms with Gasteiger partial charge >= 0.3 is 0 Å². The Morgan fingerprint density at radius 1 is 0.667 bits per heavy atom. The molecule has 3 heteroatoms. The van der Waals surface area contributed by atoms with E-state index in [2.05, 4.69) is 26.7 Å². The SMILES string of the molecule is C=CCOCC(CCCCCCCC)(COCC=C)COCC=C.